The molecule has 0 radical (unpaired) electrons. The van der Waals surface area contributed by atoms with E-state index in [0.29, 0.717) is 22.9 Å². The summed E-state index contributed by atoms with van der Waals surface area (Å²) in [5, 5.41) is 9.70. The van der Waals surface area contributed by atoms with Crippen LogP contribution < -0.4 is 5.73 Å². The molecule has 2 rings (SSSR count). The Labute approximate surface area is 113 Å². The third-order valence-electron chi connectivity index (χ3n) is 2.43. The maximum absolute atomic E-state index is 9.01. The summed E-state index contributed by atoms with van der Waals surface area (Å²) in [7, 11) is 0. The molecule has 0 aliphatic carbocycles. The van der Waals surface area contributed by atoms with Crippen molar-refractivity contribution < 1.29 is 0 Å². The molecule has 1 heterocycles. The average Bonchev–Trinajstić information content (AvgIpc) is 2.59. The predicted octanol–water partition coefficient (Wildman–Crippen LogP) is 3.41. The zero-order valence-electron chi connectivity index (χ0n) is 8.82. The zero-order chi connectivity index (χ0) is 12.4. The number of hydrogen-bond donors (Lipinski definition) is 1. The topological polar surface area (TPSA) is 54.7 Å². The minimum absolute atomic E-state index is 0.532. The molecule has 0 saturated carbocycles. The molecule has 0 bridgehead atoms. The van der Waals surface area contributed by atoms with Crippen molar-refractivity contribution in [2.45, 2.75) is 6.54 Å². The van der Waals surface area contributed by atoms with Crippen LogP contribution >= 0.6 is 27.5 Å². The molecular formula is C12H9BrClN3. The van der Waals surface area contributed by atoms with Crippen LogP contribution in [0.5, 0.6) is 0 Å². The molecule has 86 valence electrons. The Bertz CT molecular complexity index is 581. The van der Waals surface area contributed by atoms with Crippen LogP contribution in [0.15, 0.2) is 34.9 Å². The van der Waals surface area contributed by atoms with E-state index in [9.17, 15) is 0 Å². The predicted molar refractivity (Wildman–Crippen MR) is 71.8 cm³/mol. The fourth-order valence-electron chi connectivity index (χ4n) is 1.57. The van der Waals surface area contributed by atoms with Crippen LogP contribution in [0.25, 0.3) is 0 Å². The second-order valence-corrected chi connectivity index (χ2v) is 4.79. The SMILES string of the molecule is N#Cc1cc(N)c(Br)n1Cc1ccc(Cl)cc1. The monoisotopic (exact) mass is 309 g/mol. The van der Waals surface area contributed by atoms with Crippen LogP contribution in [0.3, 0.4) is 0 Å². The van der Waals surface area contributed by atoms with Gasteiger partial charge in [-0.25, -0.2) is 0 Å². The first-order chi connectivity index (χ1) is 8.11. The Kier molecular flexibility index (Phi) is 3.41. The molecule has 0 fully saturated rings. The zero-order valence-corrected chi connectivity index (χ0v) is 11.2. The second-order valence-electron chi connectivity index (χ2n) is 3.60. The molecule has 0 spiro atoms. The Morgan fingerprint density at radius 2 is 2.00 bits per heavy atom. The van der Waals surface area contributed by atoms with E-state index >= 15 is 0 Å². The van der Waals surface area contributed by atoms with Crippen LogP contribution in [0.1, 0.15) is 11.3 Å². The number of rotatable bonds is 2. The van der Waals surface area contributed by atoms with Crippen molar-refractivity contribution in [1.29, 1.82) is 5.26 Å². The number of halogens is 2. The van der Waals surface area contributed by atoms with Gasteiger partial charge in [-0.1, -0.05) is 23.7 Å². The Morgan fingerprint density at radius 3 is 2.59 bits per heavy atom. The van der Waals surface area contributed by atoms with E-state index in [1.54, 1.807) is 6.07 Å². The average molecular weight is 311 g/mol. The van der Waals surface area contributed by atoms with E-state index in [4.69, 9.17) is 22.6 Å². The number of hydrogen-bond acceptors (Lipinski definition) is 2. The van der Waals surface area contributed by atoms with E-state index in [1.807, 2.05) is 28.8 Å². The summed E-state index contributed by atoms with van der Waals surface area (Å²) in [6.07, 6.45) is 0. The van der Waals surface area contributed by atoms with Gasteiger partial charge in [0.1, 0.15) is 16.4 Å². The van der Waals surface area contributed by atoms with Gasteiger partial charge in [-0.2, -0.15) is 5.26 Å². The fourth-order valence-corrected chi connectivity index (χ4v) is 2.12. The maximum Gasteiger partial charge on any atom is 0.123 e. The lowest BCUT2D eigenvalue weighted by Gasteiger charge is -2.07. The quantitative estimate of drug-likeness (QED) is 0.924. The molecule has 0 saturated heterocycles. The lowest BCUT2D eigenvalue weighted by molar-refractivity contribution is 0.776. The second kappa shape index (κ2) is 4.82. The summed E-state index contributed by atoms with van der Waals surface area (Å²) in [6.45, 7) is 0.581. The first kappa shape index (κ1) is 12.0. The van der Waals surface area contributed by atoms with Crippen LogP contribution in [0.2, 0.25) is 5.02 Å². The molecule has 1 aromatic carbocycles. The Hall–Kier alpha value is -1.44. The lowest BCUT2D eigenvalue weighted by Crippen LogP contribution is -2.02. The summed E-state index contributed by atoms with van der Waals surface area (Å²) in [5.41, 5.74) is 7.91. The molecule has 5 heteroatoms. The van der Waals surface area contributed by atoms with E-state index in [2.05, 4.69) is 22.0 Å². The number of nitriles is 1. The van der Waals surface area contributed by atoms with Crippen molar-refractivity contribution in [2.24, 2.45) is 0 Å². The van der Waals surface area contributed by atoms with E-state index in [-0.39, 0.29) is 0 Å². The van der Waals surface area contributed by atoms with Gasteiger partial charge in [-0.15, -0.1) is 0 Å². The number of anilines is 1. The standard InChI is InChI=1S/C12H9BrClN3/c13-12-11(16)5-10(6-15)17(12)7-8-1-3-9(14)4-2-8/h1-5H,7,16H2. The summed E-state index contributed by atoms with van der Waals surface area (Å²) in [6, 6.07) is 11.3. The molecule has 0 amide bonds. The summed E-state index contributed by atoms with van der Waals surface area (Å²) >= 11 is 9.19. The number of nitrogens with zero attached hydrogens (tertiary/aromatic N) is 2. The van der Waals surface area contributed by atoms with Gasteiger partial charge in [0.25, 0.3) is 0 Å². The minimum Gasteiger partial charge on any atom is -0.397 e. The number of aromatic nitrogens is 1. The van der Waals surface area contributed by atoms with Crippen molar-refractivity contribution in [3.8, 4) is 6.07 Å². The molecule has 0 unspecified atom stereocenters. The number of nitrogen functional groups attached to an aromatic ring is 1. The van der Waals surface area contributed by atoms with E-state index in [0.717, 1.165) is 10.2 Å². The highest BCUT2D eigenvalue weighted by Gasteiger charge is 2.10. The van der Waals surface area contributed by atoms with Gasteiger partial charge in [0, 0.05) is 11.6 Å². The first-order valence-electron chi connectivity index (χ1n) is 4.91. The molecule has 17 heavy (non-hydrogen) atoms. The van der Waals surface area contributed by atoms with Gasteiger partial charge in [0.2, 0.25) is 0 Å². The molecule has 2 aromatic rings. The third kappa shape index (κ3) is 2.46. The number of benzene rings is 1. The van der Waals surface area contributed by atoms with Gasteiger partial charge >= 0.3 is 0 Å². The molecular weight excluding hydrogens is 302 g/mol. The maximum atomic E-state index is 9.01. The molecule has 0 aliphatic heterocycles. The molecule has 1 aromatic heterocycles. The van der Waals surface area contributed by atoms with E-state index in [1.165, 1.54) is 0 Å². The highest BCUT2D eigenvalue weighted by atomic mass is 79.9. The van der Waals surface area contributed by atoms with Crippen molar-refractivity contribution in [2.75, 3.05) is 5.73 Å². The van der Waals surface area contributed by atoms with E-state index < -0.39 is 0 Å². The van der Waals surface area contributed by atoms with Crippen molar-refractivity contribution in [3.05, 3.63) is 51.2 Å². The highest BCUT2D eigenvalue weighted by Crippen LogP contribution is 2.25. The lowest BCUT2D eigenvalue weighted by atomic mass is 10.2. The Balaban J connectivity index is 2.36. The Morgan fingerprint density at radius 1 is 1.35 bits per heavy atom. The van der Waals surface area contributed by atoms with Crippen molar-refractivity contribution in [1.82, 2.24) is 4.57 Å². The summed E-state index contributed by atoms with van der Waals surface area (Å²) in [4.78, 5) is 0. The molecule has 0 aliphatic rings. The molecule has 0 atom stereocenters. The van der Waals surface area contributed by atoms with Crippen LogP contribution in [0.4, 0.5) is 5.69 Å². The van der Waals surface area contributed by atoms with Crippen molar-refractivity contribution in [3.63, 3.8) is 0 Å². The van der Waals surface area contributed by atoms with Gasteiger partial charge < -0.3 is 10.3 Å². The van der Waals surface area contributed by atoms with Crippen LogP contribution in [0, 0.1) is 11.3 Å². The molecule has 2 N–H and O–H groups in total. The summed E-state index contributed by atoms with van der Waals surface area (Å²) < 4.78 is 2.54. The third-order valence-corrected chi connectivity index (χ3v) is 3.56. The van der Waals surface area contributed by atoms with Gasteiger partial charge in [-0.05, 0) is 39.7 Å². The van der Waals surface area contributed by atoms with Crippen LogP contribution in [-0.4, -0.2) is 4.57 Å². The summed E-state index contributed by atoms with van der Waals surface area (Å²) in [5.74, 6) is 0. The largest absolute Gasteiger partial charge is 0.397 e. The number of nitrogens with two attached hydrogens (primary N) is 1. The minimum atomic E-state index is 0.532. The smallest absolute Gasteiger partial charge is 0.123 e. The van der Waals surface area contributed by atoms with Gasteiger partial charge in [0.05, 0.1) is 5.69 Å². The first-order valence-corrected chi connectivity index (χ1v) is 6.08. The van der Waals surface area contributed by atoms with Crippen molar-refractivity contribution >= 4 is 33.2 Å². The van der Waals surface area contributed by atoms with Gasteiger partial charge in [0.15, 0.2) is 0 Å². The normalized spacial score (nSPS) is 10.2. The van der Waals surface area contributed by atoms with Gasteiger partial charge in [-0.3, -0.25) is 0 Å². The highest BCUT2D eigenvalue weighted by molar-refractivity contribution is 9.10. The van der Waals surface area contributed by atoms with Crippen LogP contribution in [-0.2, 0) is 6.54 Å². The molecule has 3 nitrogen and oxygen atoms in total. The fraction of sp³-hybridized carbons (Fsp3) is 0.0833.